The number of aromatic nitrogens is 1. The topological polar surface area (TPSA) is 65.1 Å². The molecule has 2 unspecified atom stereocenters. The average molecular weight is 286 g/mol. The predicted molar refractivity (Wildman–Crippen MR) is 84.3 cm³/mol. The van der Waals surface area contributed by atoms with Gasteiger partial charge in [0.05, 0.1) is 6.10 Å². The monoisotopic (exact) mass is 286 g/mol. The largest absolute Gasteiger partial charge is 0.392 e. The first-order valence-electron chi connectivity index (χ1n) is 7.76. The Morgan fingerprint density at radius 3 is 2.90 bits per heavy atom. The van der Waals surface area contributed by atoms with Gasteiger partial charge in [-0.05, 0) is 30.4 Å². The molecule has 1 fully saturated rings. The van der Waals surface area contributed by atoms with Crippen molar-refractivity contribution in [2.75, 3.05) is 0 Å². The van der Waals surface area contributed by atoms with Crippen molar-refractivity contribution < 1.29 is 5.11 Å². The molecule has 0 radical (unpaired) electrons. The SMILES string of the molecule is O=c1[nH]c2ccccc2cc1CNC1CCCCCC1O. The Morgan fingerprint density at radius 1 is 1.19 bits per heavy atom. The molecular weight excluding hydrogens is 264 g/mol. The number of para-hydroxylation sites is 1. The number of hydrogen-bond acceptors (Lipinski definition) is 3. The molecule has 1 heterocycles. The molecule has 2 atom stereocenters. The fourth-order valence-corrected chi connectivity index (χ4v) is 3.09. The summed E-state index contributed by atoms with van der Waals surface area (Å²) in [5.74, 6) is 0. The van der Waals surface area contributed by atoms with Gasteiger partial charge >= 0.3 is 0 Å². The van der Waals surface area contributed by atoms with Gasteiger partial charge in [-0.2, -0.15) is 0 Å². The van der Waals surface area contributed by atoms with E-state index in [1.54, 1.807) is 0 Å². The number of pyridine rings is 1. The quantitative estimate of drug-likeness (QED) is 0.759. The molecule has 0 bridgehead atoms. The highest BCUT2D eigenvalue weighted by Gasteiger charge is 2.21. The zero-order valence-electron chi connectivity index (χ0n) is 12.1. The molecule has 4 heteroatoms. The summed E-state index contributed by atoms with van der Waals surface area (Å²) < 4.78 is 0. The fraction of sp³-hybridized carbons (Fsp3) is 0.471. The highest BCUT2D eigenvalue weighted by molar-refractivity contribution is 5.78. The molecule has 112 valence electrons. The van der Waals surface area contributed by atoms with Crippen LogP contribution in [0.2, 0.25) is 0 Å². The third-order valence-electron chi connectivity index (χ3n) is 4.36. The maximum Gasteiger partial charge on any atom is 0.252 e. The predicted octanol–water partition coefficient (Wildman–Crippen LogP) is 2.31. The Labute approximate surface area is 124 Å². The van der Waals surface area contributed by atoms with E-state index in [1.165, 1.54) is 6.42 Å². The molecule has 1 aliphatic carbocycles. The normalized spacial score (nSPS) is 23.1. The van der Waals surface area contributed by atoms with Crippen LogP contribution >= 0.6 is 0 Å². The molecule has 21 heavy (non-hydrogen) atoms. The smallest absolute Gasteiger partial charge is 0.252 e. The lowest BCUT2D eigenvalue weighted by molar-refractivity contribution is 0.119. The van der Waals surface area contributed by atoms with Gasteiger partial charge in [0.25, 0.3) is 5.56 Å². The number of H-pyrrole nitrogens is 1. The van der Waals surface area contributed by atoms with Crippen LogP contribution in [0.3, 0.4) is 0 Å². The second-order valence-electron chi connectivity index (χ2n) is 5.90. The highest BCUT2D eigenvalue weighted by atomic mass is 16.3. The van der Waals surface area contributed by atoms with E-state index in [0.717, 1.165) is 42.1 Å². The second-order valence-corrected chi connectivity index (χ2v) is 5.90. The van der Waals surface area contributed by atoms with Crippen molar-refractivity contribution in [3.63, 3.8) is 0 Å². The van der Waals surface area contributed by atoms with Crippen LogP contribution < -0.4 is 10.9 Å². The van der Waals surface area contributed by atoms with Crippen LogP contribution in [0.4, 0.5) is 0 Å². The van der Waals surface area contributed by atoms with Crippen LogP contribution in [0.5, 0.6) is 0 Å². The molecule has 2 aromatic rings. The van der Waals surface area contributed by atoms with Crippen LogP contribution in [-0.2, 0) is 6.54 Å². The number of aromatic amines is 1. The van der Waals surface area contributed by atoms with E-state index in [2.05, 4.69) is 10.3 Å². The zero-order chi connectivity index (χ0) is 14.7. The van der Waals surface area contributed by atoms with E-state index in [1.807, 2.05) is 30.3 Å². The molecule has 0 amide bonds. The number of benzene rings is 1. The van der Waals surface area contributed by atoms with Gasteiger partial charge in [-0.25, -0.2) is 0 Å². The van der Waals surface area contributed by atoms with Gasteiger partial charge in [0.1, 0.15) is 0 Å². The van der Waals surface area contributed by atoms with Crippen molar-refractivity contribution in [3.05, 3.63) is 46.2 Å². The third-order valence-corrected chi connectivity index (χ3v) is 4.36. The lowest BCUT2D eigenvalue weighted by Gasteiger charge is -2.21. The first-order valence-corrected chi connectivity index (χ1v) is 7.76. The fourth-order valence-electron chi connectivity index (χ4n) is 3.09. The van der Waals surface area contributed by atoms with Crippen molar-refractivity contribution >= 4 is 10.9 Å². The Kier molecular flexibility index (Phi) is 4.36. The molecule has 1 aliphatic rings. The number of hydrogen-bond donors (Lipinski definition) is 3. The molecule has 0 saturated heterocycles. The van der Waals surface area contributed by atoms with E-state index < -0.39 is 0 Å². The molecule has 3 rings (SSSR count). The van der Waals surface area contributed by atoms with Gasteiger partial charge in [0, 0.05) is 23.7 Å². The van der Waals surface area contributed by atoms with Crippen molar-refractivity contribution in [2.24, 2.45) is 0 Å². The van der Waals surface area contributed by atoms with Crippen molar-refractivity contribution in [1.82, 2.24) is 10.3 Å². The Balaban J connectivity index is 1.75. The van der Waals surface area contributed by atoms with Gasteiger partial charge < -0.3 is 15.4 Å². The maximum atomic E-state index is 12.1. The molecule has 1 aromatic carbocycles. The van der Waals surface area contributed by atoms with Crippen molar-refractivity contribution in [3.8, 4) is 0 Å². The number of aliphatic hydroxyl groups excluding tert-OH is 1. The van der Waals surface area contributed by atoms with Crippen LogP contribution in [0.25, 0.3) is 10.9 Å². The lowest BCUT2D eigenvalue weighted by atomic mass is 10.1. The summed E-state index contributed by atoms with van der Waals surface area (Å²) in [6.45, 7) is 0.502. The van der Waals surface area contributed by atoms with Gasteiger partial charge in [-0.15, -0.1) is 0 Å². The number of fused-ring (bicyclic) bond motifs is 1. The summed E-state index contributed by atoms with van der Waals surface area (Å²) in [4.78, 5) is 15.0. The Bertz CT molecular complexity index is 665. The van der Waals surface area contributed by atoms with Crippen LogP contribution in [0.15, 0.2) is 35.1 Å². The molecule has 0 spiro atoms. The second kappa shape index (κ2) is 6.41. The van der Waals surface area contributed by atoms with E-state index in [0.29, 0.717) is 6.54 Å². The summed E-state index contributed by atoms with van der Waals surface area (Å²) in [6, 6.07) is 9.81. The molecule has 1 aromatic heterocycles. The molecular formula is C17H22N2O2. The van der Waals surface area contributed by atoms with E-state index in [9.17, 15) is 9.90 Å². The molecule has 3 N–H and O–H groups in total. The van der Waals surface area contributed by atoms with Gasteiger partial charge in [0.2, 0.25) is 0 Å². The van der Waals surface area contributed by atoms with E-state index in [4.69, 9.17) is 0 Å². The molecule has 1 saturated carbocycles. The van der Waals surface area contributed by atoms with E-state index >= 15 is 0 Å². The third kappa shape index (κ3) is 3.34. The first kappa shape index (κ1) is 14.3. The van der Waals surface area contributed by atoms with Crippen LogP contribution in [0.1, 0.15) is 37.7 Å². The summed E-state index contributed by atoms with van der Waals surface area (Å²) in [6.07, 6.45) is 4.95. The zero-order valence-corrected chi connectivity index (χ0v) is 12.1. The van der Waals surface area contributed by atoms with Gasteiger partial charge in [0.15, 0.2) is 0 Å². The van der Waals surface area contributed by atoms with Crippen LogP contribution in [0, 0.1) is 0 Å². The molecule has 0 aliphatic heterocycles. The maximum absolute atomic E-state index is 12.1. The van der Waals surface area contributed by atoms with Crippen LogP contribution in [-0.4, -0.2) is 22.2 Å². The Morgan fingerprint density at radius 2 is 2.00 bits per heavy atom. The van der Waals surface area contributed by atoms with Crippen molar-refractivity contribution in [2.45, 2.75) is 50.8 Å². The lowest BCUT2D eigenvalue weighted by Crippen LogP contribution is -2.39. The standard InChI is InChI=1S/C17H22N2O2/c20-16-9-3-1-2-8-15(16)18-11-13-10-12-6-4-5-7-14(12)19-17(13)21/h4-7,10,15-16,18,20H,1-3,8-9,11H2,(H,19,21). The summed E-state index contributed by atoms with van der Waals surface area (Å²) >= 11 is 0. The summed E-state index contributed by atoms with van der Waals surface area (Å²) in [5.41, 5.74) is 1.54. The van der Waals surface area contributed by atoms with Gasteiger partial charge in [-0.1, -0.05) is 37.5 Å². The average Bonchev–Trinajstić information content (AvgIpc) is 2.69. The number of nitrogens with one attached hydrogen (secondary N) is 2. The summed E-state index contributed by atoms with van der Waals surface area (Å²) in [7, 11) is 0. The first-order chi connectivity index (χ1) is 10.2. The Hall–Kier alpha value is -1.65. The number of aliphatic hydroxyl groups is 1. The van der Waals surface area contributed by atoms with Gasteiger partial charge in [-0.3, -0.25) is 4.79 Å². The number of rotatable bonds is 3. The minimum atomic E-state index is -0.299. The highest BCUT2D eigenvalue weighted by Crippen LogP contribution is 2.18. The molecule has 4 nitrogen and oxygen atoms in total. The van der Waals surface area contributed by atoms with E-state index in [-0.39, 0.29) is 17.7 Å². The summed E-state index contributed by atoms with van der Waals surface area (Å²) in [5, 5.41) is 14.5. The minimum Gasteiger partial charge on any atom is -0.392 e. The minimum absolute atomic E-state index is 0.0516. The van der Waals surface area contributed by atoms with Crippen molar-refractivity contribution in [1.29, 1.82) is 0 Å².